The Kier molecular flexibility index (Phi) is 16.4. The minimum atomic E-state index is -4.78. The summed E-state index contributed by atoms with van der Waals surface area (Å²) in [6.07, 6.45) is -1.23. The Labute approximate surface area is 120 Å². The van der Waals surface area contributed by atoms with Crippen molar-refractivity contribution in [1.82, 2.24) is 0 Å². The van der Waals surface area contributed by atoms with Gasteiger partial charge in [0, 0.05) is 6.42 Å². The van der Waals surface area contributed by atoms with E-state index in [0.29, 0.717) is 0 Å². The van der Waals surface area contributed by atoms with Crippen molar-refractivity contribution in [2.75, 3.05) is 0 Å². The zero-order valence-electron chi connectivity index (χ0n) is 13.1. The Hall–Kier alpha value is -1.52. The van der Waals surface area contributed by atoms with Crippen molar-refractivity contribution >= 4 is 5.78 Å². The van der Waals surface area contributed by atoms with Crippen LogP contribution < -0.4 is 0 Å². The SMILES string of the molecule is C=C/C=C(OC(F)(F)F)\C(=C/C)CC(C)=O.CC.CC. The van der Waals surface area contributed by atoms with Crippen LogP contribution in [0.3, 0.4) is 0 Å². The number of rotatable bonds is 5. The van der Waals surface area contributed by atoms with Crippen molar-refractivity contribution in [1.29, 1.82) is 0 Å². The second-order valence-corrected chi connectivity index (χ2v) is 3.01. The summed E-state index contributed by atoms with van der Waals surface area (Å²) < 4.78 is 40.0. The third kappa shape index (κ3) is 14.5. The average Bonchev–Trinajstić information content (AvgIpc) is 2.38. The van der Waals surface area contributed by atoms with Crippen LogP contribution in [0.4, 0.5) is 13.2 Å². The van der Waals surface area contributed by atoms with Crippen molar-refractivity contribution in [2.24, 2.45) is 0 Å². The summed E-state index contributed by atoms with van der Waals surface area (Å²) in [5.41, 5.74) is 0.185. The largest absolute Gasteiger partial charge is 0.573 e. The fourth-order valence-corrected chi connectivity index (χ4v) is 1.04. The van der Waals surface area contributed by atoms with Gasteiger partial charge in [0.2, 0.25) is 0 Å². The summed E-state index contributed by atoms with van der Waals surface area (Å²) in [6, 6.07) is 0. The zero-order valence-corrected chi connectivity index (χ0v) is 13.1. The fourth-order valence-electron chi connectivity index (χ4n) is 1.04. The topological polar surface area (TPSA) is 26.3 Å². The molecule has 0 saturated heterocycles. The summed E-state index contributed by atoms with van der Waals surface area (Å²) in [7, 11) is 0. The van der Waals surface area contributed by atoms with Crippen LogP contribution in [0.5, 0.6) is 0 Å². The third-order valence-corrected chi connectivity index (χ3v) is 1.60. The van der Waals surface area contributed by atoms with Crippen LogP contribution in [0.1, 0.15) is 48.0 Å². The van der Waals surface area contributed by atoms with Crippen LogP contribution >= 0.6 is 0 Å². The number of hydrogen-bond acceptors (Lipinski definition) is 2. The number of hydrogen-bond donors (Lipinski definition) is 0. The third-order valence-electron chi connectivity index (χ3n) is 1.60. The number of allylic oxidation sites excluding steroid dienone is 4. The Morgan fingerprint density at radius 1 is 1.20 bits per heavy atom. The lowest BCUT2D eigenvalue weighted by Crippen LogP contribution is -2.14. The maximum absolute atomic E-state index is 12.1. The summed E-state index contributed by atoms with van der Waals surface area (Å²) in [5.74, 6) is -0.644. The van der Waals surface area contributed by atoms with E-state index in [1.165, 1.54) is 26.0 Å². The highest BCUT2D eigenvalue weighted by Gasteiger charge is 2.32. The van der Waals surface area contributed by atoms with E-state index in [1.807, 2.05) is 27.7 Å². The highest BCUT2D eigenvalue weighted by atomic mass is 19.4. The molecular weight excluding hydrogens is 269 g/mol. The van der Waals surface area contributed by atoms with Crippen LogP contribution in [-0.4, -0.2) is 12.1 Å². The van der Waals surface area contributed by atoms with Crippen molar-refractivity contribution in [3.8, 4) is 0 Å². The van der Waals surface area contributed by atoms with Crippen molar-refractivity contribution in [3.05, 3.63) is 36.1 Å². The van der Waals surface area contributed by atoms with E-state index in [2.05, 4.69) is 11.3 Å². The second-order valence-electron chi connectivity index (χ2n) is 3.01. The maximum atomic E-state index is 12.1. The van der Waals surface area contributed by atoms with Gasteiger partial charge in [-0.3, -0.25) is 4.79 Å². The number of Topliss-reactive ketones (excluding diaryl/α,β-unsaturated/α-hetero) is 1. The lowest BCUT2D eigenvalue weighted by atomic mass is 10.1. The molecule has 5 heteroatoms. The van der Waals surface area contributed by atoms with Crippen molar-refractivity contribution in [3.63, 3.8) is 0 Å². The first-order valence-electron chi connectivity index (χ1n) is 6.53. The van der Waals surface area contributed by atoms with Crippen LogP contribution in [0.15, 0.2) is 36.1 Å². The molecule has 0 saturated carbocycles. The van der Waals surface area contributed by atoms with Gasteiger partial charge in [0.25, 0.3) is 0 Å². The number of carbonyl (C=O) groups is 1. The number of carbonyl (C=O) groups excluding carboxylic acids is 1. The lowest BCUT2D eigenvalue weighted by Gasteiger charge is -2.14. The standard InChI is InChI=1S/C11H13F3O2.2C2H6/c1-4-6-10(16-11(12,13)14)9(5-2)7-8(3)15;2*1-2/h4-6H,1,7H2,2-3H3;2*1-2H3/b9-5-,10-6+;;. The fraction of sp³-hybridized carbons (Fsp3) is 0.533. The highest BCUT2D eigenvalue weighted by molar-refractivity contribution is 5.79. The predicted octanol–water partition coefficient (Wildman–Crippen LogP) is 5.57. The first kappa shape index (κ1) is 23.6. The molecule has 0 aromatic heterocycles. The summed E-state index contributed by atoms with van der Waals surface area (Å²) in [5, 5.41) is 0. The molecule has 2 nitrogen and oxygen atoms in total. The Bertz CT molecular complexity index is 327. The van der Waals surface area contributed by atoms with Gasteiger partial charge >= 0.3 is 6.36 Å². The van der Waals surface area contributed by atoms with Gasteiger partial charge in [0.15, 0.2) is 0 Å². The highest BCUT2D eigenvalue weighted by Crippen LogP contribution is 2.26. The van der Waals surface area contributed by atoms with Gasteiger partial charge in [-0.05, 0) is 25.5 Å². The van der Waals surface area contributed by atoms with Gasteiger partial charge in [-0.2, -0.15) is 0 Å². The molecule has 20 heavy (non-hydrogen) atoms. The maximum Gasteiger partial charge on any atom is 0.573 e. The average molecular weight is 294 g/mol. The van der Waals surface area contributed by atoms with E-state index >= 15 is 0 Å². The molecule has 0 atom stereocenters. The molecule has 0 aromatic rings. The molecule has 0 spiro atoms. The van der Waals surface area contributed by atoms with E-state index < -0.39 is 12.1 Å². The molecule has 0 N–H and O–H groups in total. The molecule has 0 fully saturated rings. The van der Waals surface area contributed by atoms with E-state index in [0.717, 1.165) is 6.08 Å². The monoisotopic (exact) mass is 294 g/mol. The minimum absolute atomic E-state index is 0.105. The quantitative estimate of drug-likeness (QED) is 0.489. The number of alkyl halides is 3. The Morgan fingerprint density at radius 3 is 1.90 bits per heavy atom. The van der Waals surface area contributed by atoms with Crippen LogP contribution in [-0.2, 0) is 9.53 Å². The molecular formula is C15H25F3O2. The van der Waals surface area contributed by atoms with E-state index in [1.54, 1.807) is 0 Å². The minimum Gasteiger partial charge on any atom is -0.406 e. The molecule has 118 valence electrons. The summed E-state index contributed by atoms with van der Waals surface area (Å²) in [6.45, 7) is 14.1. The number of ketones is 1. The van der Waals surface area contributed by atoms with Crippen LogP contribution in [0.2, 0.25) is 0 Å². The molecule has 0 bridgehead atoms. The Balaban J connectivity index is -0.000000656. The molecule has 0 heterocycles. The first-order chi connectivity index (χ1) is 9.30. The van der Waals surface area contributed by atoms with E-state index in [-0.39, 0.29) is 17.8 Å². The lowest BCUT2D eigenvalue weighted by molar-refractivity contribution is -0.304. The molecule has 0 rings (SSSR count). The van der Waals surface area contributed by atoms with Gasteiger partial charge in [-0.25, -0.2) is 0 Å². The second kappa shape index (κ2) is 13.9. The van der Waals surface area contributed by atoms with Crippen molar-refractivity contribution < 1.29 is 22.7 Å². The van der Waals surface area contributed by atoms with Gasteiger partial charge in [-0.15, -0.1) is 13.2 Å². The number of ether oxygens (including phenoxy) is 1. The number of halogens is 3. The van der Waals surface area contributed by atoms with Crippen LogP contribution in [0.25, 0.3) is 0 Å². The van der Waals surface area contributed by atoms with Gasteiger partial charge < -0.3 is 4.74 Å². The summed E-state index contributed by atoms with van der Waals surface area (Å²) in [4.78, 5) is 10.9. The first-order valence-corrected chi connectivity index (χ1v) is 6.53. The van der Waals surface area contributed by atoms with Crippen LogP contribution in [0, 0.1) is 0 Å². The van der Waals surface area contributed by atoms with Gasteiger partial charge in [-0.1, -0.05) is 46.4 Å². The molecule has 0 aromatic carbocycles. The smallest absolute Gasteiger partial charge is 0.406 e. The molecule has 0 radical (unpaired) electrons. The molecule has 0 aliphatic carbocycles. The van der Waals surface area contributed by atoms with Crippen molar-refractivity contribution in [2.45, 2.75) is 54.3 Å². The van der Waals surface area contributed by atoms with E-state index in [4.69, 9.17) is 0 Å². The molecule has 0 aliphatic heterocycles. The molecule has 0 unspecified atom stereocenters. The van der Waals surface area contributed by atoms with Gasteiger partial charge in [0.05, 0.1) is 0 Å². The normalized spacial score (nSPS) is 11.4. The van der Waals surface area contributed by atoms with Gasteiger partial charge in [0.1, 0.15) is 11.5 Å². The van der Waals surface area contributed by atoms with E-state index in [9.17, 15) is 18.0 Å². The zero-order chi connectivity index (χ0) is 16.8. The summed E-state index contributed by atoms with van der Waals surface area (Å²) >= 11 is 0. The molecule has 0 amide bonds. The molecule has 0 aliphatic rings. The Morgan fingerprint density at radius 2 is 1.65 bits per heavy atom. The predicted molar refractivity (Wildman–Crippen MR) is 77.2 cm³/mol.